The number of rotatable bonds is 9. The summed E-state index contributed by atoms with van der Waals surface area (Å²) in [6.45, 7) is 2.69. The second-order valence-electron chi connectivity index (χ2n) is 9.32. The van der Waals surface area contributed by atoms with Crippen molar-refractivity contribution < 1.29 is 26.3 Å². The van der Waals surface area contributed by atoms with E-state index in [0.29, 0.717) is 17.7 Å². The Morgan fingerprint density at radius 2 is 2.03 bits per heavy atom. The molecule has 1 fully saturated rings. The predicted molar refractivity (Wildman–Crippen MR) is 124 cm³/mol. The average Bonchev–Trinajstić information content (AvgIpc) is 3.19. The van der Waals surface area contributed by atoms with Crippen molar-refractivity contribution in [3.63, 3.8) is 0 Å². The molecule has 11 heteroatoms. The van der Waals surface area contributed by atoms with Crippen LogP contribution in [0.4, 0.5) is 13.2 Å². The van der Waals surface area contributed by atoms with E-state index >= 15 is 0 Å². The Hall–Kier alpha value is -1.69. The highest BCUT2D eigenvalue weighted by Gasteiger charge is 2.28. The van der Waals surface area contributed by atoms with Crippen LogP contribution in [0.5, 0.6) is 5.19 Å². The molecule has 2 aromatic rings. The number of benzene rings is 1. The first-order valence-electron chi connectivity index (χ1n) is 11.6. The van der Waals surface area contributed by atoms with Gasteiger partial charge in [-0.25, -0.2) is 31.3 Å². The van der Waals surface area contributed by atoms with Gasteiger partial charge in [-0.15, -0.1) is 0 Å². The van der Waals surface area contributed by atoms with Crippen LogP contribution in [0.1, 0.15) is 49.6 Å². The molecular formula is C23H30F3N3O3S2. The normalized spacial score (nSPS) is 21.9. The Morgan fingerprint density at radius 3 is 2.74 bits per heavy atom. The summed E-state index contributed by atoms with van der Waals surface area (Å²) in [7, 11) is -3.72. The topological polar surface area (TPSA) is 71.5 Å². The summed E-state index contributed by atoms with van der Waals surface area (Å²) in [6, 6.07) is 4.92. The molecule has 0 unspecified atom stereocenters. The molecule has 0 amide bonds. The minimum absolute atomic E-state index is 0.0434. The fourth-order valence-electron chi connectivity index (χ4n) is 4.53. The summed E-state index contributed by atoms with van der Waals surface area (Å²) >= 11 is 1.36. The van der Waals surface area contributed by atoms with E-state index in [1.54, 1.807) is 0 Å². The molecule has 1 aromatic carbocycles. The van der Waals surface area contributed by atoms with Crippen LogP contribution in [0.15, 0.2) is 29.2 Å². The highest BCUT2D eigenvalue weighted by atomic mass is 32.2. The van der Waals surface area contributed by atoms with Gasteiger partial charge in [0.1, 0.15) is 5.82 Å². The van der Waals surface area contributed by atoms with Gasteiger partial charge in [0.25, 0.3) is 11.1 Å². The third kappa shape index (κ3) is 6.93. The predicted octanol–water partition coefficient (Wildman–Crippen LogP) is 4.60. The minimum atomic E-state index is -3.72. The van der Waals surface area contributed by atoms with Crippen molar-refractivity contribution >= 4 is 21.4 Å². The summed E-state index contributed by atoms with van der Waals surface area (Å²) in [5.41, 5.74) is 0.918. The lowest BCUT2D eigenvalue weighted by molar-refractivity contribution is -0.0230. The second kappa shape index (κ2) is 10.5. The largest absolute Gasteiger partial charge is 0.464 e. The highest BCUT2D eigenvalue weighted by Crippen LogP contribution is 2.32. The Balaban J connectivity index is 1.20. The number of sulfonamides is 1. The lowest BCUT2D eigenvalue weighted by Crippen LogP contribution is -2.38. The van der Waals surface area contributed by atoms with Gasteiger partial charge < -0.3 is 4.74 Å². The molecule has 34 heavy (non-hydrogen) atoms. The van der Waals surface area contributed by atoms with Crippen molar-refractivity contribution in [3.05, 3.63) is 40.7 Å². The van der Waals surface area contributed by atoms with Crippen molar-refractivity contribution in [2.75, 3.05) is 19.7 Å². The zero-order valence-electron chi connectivity index (χ0n) is 19.1. The first-order chi connectivity index (χ1) is 16.1. The SMILES string of the molecule is CC(F)(F)COc1nc2c(s1)CCN(CC[C@H]1CC[C@H](NS(=O)(=O)c3cccc(F)c3)CC1)C2. The van der Waals surface area contributed by atoms with Crippen molar-refractivity contribution in [2.24, 2.45) is 5.92 Å². The van der Waals surface area contributed by atoms with Crippen LogP contribution < -0.4 is 9.46 Å². The molecule has 0 atom stereocenters. The standard InChI is InChI=1S/C23H30F3N3O3S2/c1-23(25,26)15-32-22-27-20-14-29(12-10-21(20)33-22)11-9-16-5-7-18(8-6-16)28-34(30,31)19-4-2-3-17(24)13-19/h2-4,13,16,18,28H,5-12,14-15H2,1H3/t16-,18-. The lowest BCUT2D eigenvalue weighted by Gasteiger charge is -2.31. The third-order valence-corrected chi connectivity index (χ3v) is 8.95. The van der Waals surface area contributed by atoms with E-state index in [1.807, 2.05) is 0 Å². The van der Waals surface area contributed by atoms with Crippen LogP contribution in [0.3, 0.4) is 0 Å². The van der Waals surface area contributed by atoms with Gasteiger partial charge in [0, 0.05) is 30.9 Å². The number of nitrogens with one attached hydrogen (secondary N) is 1. The van der Waals surface area contributed by atoms with Crippen LogP contribution in [0.2, 0.25) is 0 Å². The van der Waals surface area contributed by atoms with Gasteiger partial charge in [-0.3, -0.25) is 4.90 Å². The van der Waals surface area contributed by atoms with Gasteiger partial charge in [0.05, 0.1) is 10.6 Å². The van der Waals surface area contributed by atoms with Crippen molar-refractivity contribution in [2.45, 2.75) is 68.9 Å². The number of thiazole rings is 1. The van der Waals surface area contributed by atoms with Gasteiger partial charge in [-0.05, 0) is 69.2 Å². The molecule has 6 nitrogen and oxygen atoms in total. The second-order valence-corrected chi connectivity index (χ2v) is 12.1. The van der Waals surface area contributed by atoms with E-state index in [1.165, 1.54) is 29.5 Å². The van der Waals surface area contributed by atoms with Gasteiger partial charge in [0.2, 0.25) is 10.0 Å². The van der Waals surface area contributed by atoms with E-state index in [2.05, 4.69) is 14.6 Å². The molecule has 2 heterocycles. The van der Waals surface area contributed by atoms with Crippen LogP contribution in [-0.4, -0.2) is 50.0 Å². The van der Waals surface area contributed by atoms with E-state index in [9.17, 15) is 21.6 Å². The molecule has 188 valence electrons. The number of aromatic nitrogens is 1. The first-order valence-corrected chi connectivity index (χ1v) is 13.9. The number of hydrogen-bond acceptors (Lipinski definition) is 6. The summed E-state index contributed by atoms with van der Waals surface area (Å²) < 4.78 is 72.4. The van der Waals surface area contributed by atoms with E-state index in [4.69, 9.17) is 4.74 Å². The maximum Gasteiger partial charge on any atom is 0.278 e. The van der Waals surface area contributed by atoms with Crippen molar-refractivity contribution in [3.8, 4) is 5.19 Å². The molecule has 2 aliphatic rings. The van der Waals surface area contributed by atoms with Crippen LogP contribution >= 0.6 is 11.3 Å². The number of halogens is 3. The number of nitrogens with zero attached hydrogens (tertiary/aromatic N) is 2. The molecule has 1 aromatic heterocycles. The zero-order chi connectivity index (χ0) is 24.3. The summed E-state index contributed by atoms with van der Waals surface area (Å²) in [6.07, 6.45) is 5.27. The number of alkyl halides is 2. The van der Waals surface area contributed by atoms with E-state index in [0.717, 1.165) is 75.2 Å². The average molecular weight is 518 g/mol. The maximum atomic E-state index is 13.4. The minimum Gasteiger partial charge on any atom is -0.464 e. The molecule has 1 aliphatic carbocycles. The summed E-state index contributed by atoms with van der Waals surface area (Å²) in [4.78, 5) is 7.80. The lowest BCUT2D eigenvalue weighted by atomic mass is 9.84. The fourth-order valence-corrected chi connectivity index (χ4v) is 6.77. The molecule has 0 saturated heterocycles. The van der Waals surface area contributed by atoms with E-state index < -0.39 is 28.4 Å². The van der Waals surface area contributed by atoms with Crippen molar-refractivity contribution in [1.29, 1.82) is 0 Å². The Kier molecular flexibility index (Phi) is 7.85. The summed E-state index contributed by atoms with van der Waals surface area (Å²) in [5, 5.41) is 0.312. The van der Waals surface area contributed by atoms with Gasteiger partial charge in [-0.2, -0.15) is 0 Å². The Labute approximate surface area is 202 Å². The number of fused-ring (bicyclic) bond motifs is 1. The zero-order valence-corrected chi connectivity index (χ0v) is 20.7. The van der Waals surface area contributed by atoms with Crippen molar-refractivity contribution in [1.82, 2.24) is 14.6 Å². The van der Waals surface area contributed by atoms with Crippen LogP contribution in [0, 0.1) is 11.7 Å². The van der Waals surface area contributed by atoms with Crippen LogP contribution in [-0.2, 0) is 23.0 Å². The highest BCUT2D eigenvalue weighted by molar-refractivity contribution is 7.89. The molecule has 1 aliphatic heterocycles. The molecule has 1 N–H and O–H groups in total. The number of hydrogen-bond donors (Lipinski definition) is 1. The van der Waals surface area contributed by atoms with Gasteiger partial charge >= 0.3 is 0 Å². The quantitative estimate of drug-likeness (QED) is 0.526. The van der Waals surface area contributed by atoms with E-state index in [-0.39, 0.29) is 10.9 Å². The molecule has 0 radical (unpaired) electrons. The molecule has 0 bridgehead atoms. The monoisotopic (exact) mass is 517 g/mol. The Morgan fingerprint density at radius 1 is 1.26 bits per heavy atom. The fraction of sp³-hybridized carbons (Fsp3) is 0.609. The number of ether oxygens (including phenoxy) is 1. The third-order valence-electron chi connectivity index (χ3n) is 6.36. The summed E-state index contributed by atoms with van der Waals surface area (Å²) in [5.74, 6) is -2.92. The molecule has 4 rings (SSSR count). The van der Waals surface area contributed by atoms with Crippen LogP contribution in [0.25, 0.3) is 0 Å². The van der Waals surface area contributed by atoms with Gasteiger partial charge in [0.15, 0.2) is 6.61 Å². The molecule has 1 saturated carbocycles. The smallest absolute Gasteiger partial charge is 0.278 e. The maximum absolute atomic E-state index is 13.4. The first kappa shape index (κ1) is 25.4. The Bertz CT molecular complexity index is 1080. The molecule has 0 spiro atoms. The van der Waals surface area contributed by atoms with Gasteiger partial charge in [-0.1, -0.05) is 17.4 Å². The molecular weight excluding hydrogens is 487 g/mol.